The molecule has 1 aliphatic heterocycles. The molecule has 11 aromatic carbocycles. The molecule has 0 spiro atoms. The van der Waals surface area contributed by atoms with Gasteiger partial charge in [-0.15, -0.1) is 0 Å². The zero-order valence-electron chi connectivity index (χ0n) is 49.9. The van der Waals surface area contributed by atoms with Gasteiger partial charge in [-0.2, -0.15) is 0 Å². The molecule has 0 radical (unpaired) electrons. The smallest absolute Gasteiger partial charge is 0.143 e. The van der Waals surface area contributed by atoms with Gasteiger partial charge in [0.05, 0.1) is 11.0 Å². The second kappa shape index (κ2) is 22.6. The monoisotopic (exact) mass is 1150 g/mol. The second-order valence-corrected chi connectivity index (χ2v) is 24.3. The Morgan fingerprint density at radius 1 is 0.389 bits per heavy atom. The standard InChI is InChI=1S/C87H63NO2/c1-2-19-35-71(73-37-21-20-36-72(73)70(34-18-1)61-31-16-7-17-32-61)62-39-44-69(45-40-62)88-82-55-65(76-51-67(59-27-12-5-13-28-59)53-80-78-49-63(57-23-8-3-9-24-57)33-22-38-84(78)89-86(76)80)41-46-74(82)75-47-42-66(56-83(75)88)77-52-68(60-29-14-6-15-30-60)54-81-79-50-64(58-25-10-4-11-26-58)43-48-85(79)90-87(77)81/h1-33,36-37,39,41-44,46-56,78,84H,34-35,38,40,45H2/b18-1-,19-2-,72-70+,73-71+. The average Bonchev–Trinajstić information content (AvgIpc) is 2.25. The highest BCUT2D eigenvalue weighted by atomic mass is 16.5. The number of aromatic nitrogens is 1. The van der Waals surface area contributed by atoms with Crippen LogP contribution in [-0.2, 0) is 0 Å². The molecule has 2 unspecified atom stereocenters. The first-order valence-corrected chi connectivity index (χ1v) is 31.7. The van der Waals surface area contributed by atoms with Crippen molar-refractivity contribution in [3.63, 3.8) is 0 Å². The van der Waals surface area contributed by atoms with Crippen LogP contribution in [0.25, 0.3) is 122 Å². The van der Waals surface area contributed by atoms with E-state index < -0.39 is 0 Å². The van der Waals surface area contributed by atoms with Crippen LogP contribution in [0.2, 0.25) is 0 Å². The lowest BCUT2D eigenvalue weighted by molar-refractivity contribution is 0.224. The fourth-order valence-corrected chi connectivity index (χ4v) is 14.7. The molecule has 428 valence electrons. The Hall–Kier alpha value is -11.0. The Labute approximate surface area is 524 Å². The zero-order valence-corrected chi connectivity index (χ0v) is 49.9. The van der Waals surface area contributed by atoms with E-state index in [2.05, 4.69) is 314 Å². The average molecular weight is 1150 g/mol. The van der Waals surface area contributed by atoms with Crippen LogP contribution < -0.4 is 15.2 Å². The summed E-state index contributed by atoms with van der Waals surface area (Å²) in [5, 5.41) is 7.22. The maximum absolute atomic E-state index is 7.28. The summed E-state index contributed by atoms with van der Waals surface area (Å²) in [5.74, 6) is 1.05. The highest BCUT2D eigenvalue weighted by Gasteiger charge is 2.36. The van der Waals surface area contributed by atoms with Crippen LogP contribution in [0.3, 0.4) is 0 Å². The third-order valence-electron chi connectivity index (χ3n) is 19.1. The lowest BCUT2D eigenvalue weighted by Gasteiger charge is -2.21. The summed E-state index contributed by atoms with van der Waals surface area (Å²) in [6.45, 7) is 0. The van der Waals surface area contributed by atoms with E-state index in [1.807, 2.05) is 0 Å². The minimum atomic E-state index is -0.0278. The van der Waals surface area contributed by atoms with Crippen LogP contribution in [0.15, 0.2) is 319 Å². The minimum Gasteiger partial charge on any atom is -0.488 e. The third kappa shape index (κ3) is 9.53. The maximum Gasteiger partial charge on any atom is 0.143 e. The zero-order chi connectivity index (χ0) is 59.5. The van der Waals surface area contributed by atoms with Gasteiger partial charge in [-0.3, -0.25) is 0 Å². The Morgan fingerprint density at radius 3 is 1.58 bits per heavy atom. The third-order valence-corrected chi connectivity index (χ3v) is 19.1. The van der Waals surface area contributed by atoms with Crippen molar-refractivity contribution in [1.29, 1.82) is 0 Å². The van der Waals surface area contributed by atoms with Gasteiger partial charge < -0.3 is 13.7 Å². The van der Waals surface area contributed by atoms with Crippen molar-refractivity contribution in [1.82, 2.24) is 4.57 Å². The van der Waals surface area contributed by atoms with Crippen molar-refractivity contribution >= 4 is 66.2 Å². The molecule has 13 aromatic rings. The SMILES string of the molecule is C1=CC(c2ccccc2)=CC2c3cc(-c4ccccc4)cc(-c4ccc5c6ccc(-c7cc(-c8ccccc8)cc8c7oc7ccc(-c9ccccc9)cc78)cc6n(C6=CC=C(/C7=c8\cccc\c8=C(/c8ccccc8)C/C=C\C=C/C7)CC6)c5c4)c3OC2C1. The molecule has 3 heteroatoms. The molecule has 0 fully saturated rings. The molecule has 0 amide bonds. The largest absolute Gasteiger partial charge is 0.488 e. The summed E-state index contributed by atoms with van der Waals surface area (Å²) in [7, 11) is 0. The number of benzene rings is 11. The Kier molecular flexibility index (Phi) is 13.4. The van der Waals surface area contributed by atoms with Gasteiger partial charge in [0.2, 0.25) is 0 Å². The minimum absolute atomic E-state index is 0.0278. The van der Waals surface area contributed by atoms with Crippen LogP contribution >= 0.6 is 0 Å². The number of rotatable bonds is 9. The molecule has 3 nitrogen and oxygen atoms in total. The van der Waals surface area contributed by atoms with Gasteiger partial charge in [0.1, 0.15) is 23.0 Å². The summed E-state index contributed by atoms with van der Waals surface area (Å²) in [6.07, 6.45) is 25.2. The molecule has 17 rings (SSSR count). The molecule has 4 aliphatic rings. The normalized spacial score (nSPS) is 18.2. The summed E-state index contributed by atoms with van der Waals surface area (Å²) in [5.41, 5.74) is 25.8. The molecule has 0 saturated carbocycles. The molecule has 3 aliphatic carbocycles. The molecule has 2 atom stereocenters. The molecule has 90 heavy (non-hydrogen) atoms. The van der Waals surface area contributed by atoms with Crippen molar-refractivity contribution in [3.05, 3.63) is 342 Å². The highest BCUT2D eigenvalue weighted by Crippen LogP contribution is 2.51. The molecule has 2 aromatic heterocycles. The Balaban J connectivity index is 0.886. The van der Waals surface area contributed by atoms with Crippen LogP contribution in [0.4, 0.5) is 0 Å². The number of fused-ring (bicyclic) bond motifs is 10. The van der Waals surface area contributed by atoms with Crippen molar-refractivity contribution in [2.75, 3.05) is 0 Å². The maximum atomic E-state index is 7.28. The molecular formula is C87H63NO2. The fraction of sp³-hybridized carbons (Fsp3) is 0.0805. The molecule has 0 bridgehead atoms. The topological polar surface area (TPSA) is 27.3 Å². The Bertz CT molecular complexity index is 5320. The van der Waals surface area contributed by atoms with Crippen molar-refractivity contribution in [3.8, 4) is 61.4 Å². The summed E-state index contributed by atoms with van der Waals surface area (Å²) in [6, 6.07) is 93.4. The second-order valence-electron chi connectivity index (χ2n) is 24.3. The van der Waals surface area contributed by atoms with E-state index in [-0.39, 0.29) is 12.0 Å². The van der Waals surface area contributed by atoms with Gasteiger partial charge in [0, 0.05) is 56.3 Å². The summed E-state index contributed by atoms with van der Waals surface area (Å²) in [4.78, 5) is 0. The van der Waals surface area contributed by atoms with E-state index in [0.717, 1.165) is 110 Å². The predicted octanol–water partition coefficient (Wildman–Crippen LogP) is 21.4. The van der Waals surface area contributed by atoms with Gasteiger partial charge in [0.15, 0.2) is 0 Å². The first-order valence-electron chi connectivity index (χ1n) is 31.7. The van der Waals surface area contributed by atoms with E-state index in [4.69, 9.17) is 9.15 Å². The molecule has 3 heterocycles. The number of hydrogen-bond acceptors (Lipinski definition) is 2. The predicted molar refractivity (Wildman–Crippen MR) is 376 cm³/mol. The van der Waals surface area contributed by atoms with E-state index in [0.29, 0.717) is 0 Å². The number of hydrogen-bond donors (Lipinski definition) is 0. The summed E-state index contributed by atoms with van der Waals surface area (Å²) < 4.78 is 16.9. The molecule has 0 saturated heterocycles. The molecular weight excluding hydrogens is 1090 g/mol. The van der Waals surface area contributed by atoms with Crippen LogP contribution in [0.1, 0.15) is 54.7 Å². The lowest BCUT2D eigenvalue weighted by atomic mass is 9.87. The highest BCUT2D eigenvalue weighted by molar-refractivity contribution is 6.15. The van der Waals surface area contributed by atoms with Gasteiger partial charge in [-0.1, -0.05) is 255 Å². The van der Waals surface area contributed by atoms with E-state index >= 15 is 0 Å². The number of ether oxygens (including phenoxy) is 1. The van der Waals surface area contributed by atoms with Gasteiger partial charge >= 0.3 is 0 Å². The summed E-state index contributed by atoms with van der Waals surface area (Å²) >= 11 is 0. The first kappa shape index (κ1) is 53.3. The van der Waals surface area contributed by atoms with Crippen LogP contribution in [-0.4, -0.2) is 10.7 Å². The molecule has 0 N–H and O–H groups in total. The van der Waals surface area contributed by atoms with Crippen molar-refractivity contribution in [2.45, 2.75) is 44.1 Å². The van der Waals surface area contributed by atoms with Crippen molar-refractivity contribution < 1.29 is 9.15 Å². The van der Waals surface area contributed by atoms with E-state index in [1.54, 1.807) is 0 Å². The van der Waals surface area contributed by atoms with Crippen LogP contribution in [0, 0.1) is 0 Å². The van der Waals surface area contributed by atoms with Gasteiger partial charge in [-0.25, -0.2) is 0 Å². The first-order chi connectivity index (χ1) is 44.6. The number of nitrogens with zero attached hydrogens (tertiary/aromatic N) is 1. The fourth-order valence-electron chi connectivity index (χ4n) is 14.7. The van der Waals surface area contributed by atoms with Gasteiger partial charge in [0.25, 0.3) is 0 Å². The Morgan fingerprint density at radius 2 is 0.933 bits per heavy atom. The number of allylic oxidation sites excluding steroid dienone is 10. The quantitative estimate of drug-likeness (QED) is 0.144. The van der Waals surface area contributed by atoms with Crippen molar-refractivity contribution in [2.24, 2.45) is 0 Å². The van der Waals surface area contributed by atoms with Crippen LogP contribution in [0.5, 0.6) is 5.75 Å². The number of furan rings is 1. The van der Waals surface area contributed by atoms with Gasteiger partial charge in [-0.05, 0) is 169 Å². The van der Waals surface area contributed by atoms with E-state index in [1.165, 1.54) is 82.6 Å². The lowest BCUT2D eigenvalue weighted by Crippen LogP contribution is -2.30. The van der Waals surface area contributed by atoms with E-state index in [9.17, 15) is 0 Å².